The number of ketones is 1. The Bertz CT molecular complexity index is 877. The van der Waals surface area contributed by atoms with Crippen molar-refractivity contribution < 1.29 is 27.6 Å². The summed E-state index contributed by atoms with van der Waals surface area (Å²) >= 11 is 0. The van der Waals surface area contributed by atoms with Crippen molar-refractivity contribution in [3.63, 3.8) is 0 Å². The Labute approximate surface area is 140 Å². The lowest BCUT2D eigenvalue weighted by Gasteiger charge is -2.17. The number of halogens is 3. The second-order valence-corrected chi connectivity index (χ2v) is 5.33. The molecule has 0 radical (unpaired) electrons. The van der Waals surface area contributed by atoms with E-state index in [1.165, 1.54) is 24.3 Å². The third-order valence-electron chi connectivity index (χ3n) is 3.69. The van der Waals surface area contributed by atoms with Gasteiger partial charge in [0.05, 0.1) is 22.5 Å². The minimum atomic E-state index is -4.63. The number of carbonyl (C=O) groups is 3. The highest BCUT2D eigenvalue weighted by atomic mass is 19.4. The van der Waals surface area contributed by atoms with Crippen LogP contribution in [0.25, 0.3) is 0 Å². The highest BCUT2D eigenvalue weighted by molar-refractivity contribution is 6.52. The van der Waals surface area contributed by atoms with Gasteiger partial charge in [0.2, 0.25) is 5.91 Å². The number of amides is 2. The Morgan fingerprint density at radius 3 is 2.36 bits per heavy atom. The predicted molar refractivity (Wildman–Crippen MR) is 83.2 cm³/mol. The molecular weight excluding hydrogens is 337 g/mol. The number of Topliss-reactive ketones (excluding diaryl/α,β-unsaturated/α-hetero) is 1. The van der Waals surface area contributed by atoms with Gasteiger partial charge in [-0.3, -0.25) is 19.3 Å². The van der Waals surface area contributed by atoms with E-state index in [0.717, 1.165) is 17.0 Å². The van der Waals surface area contributed by atoms with Crippen molar-refractivity contribution in [2.24, 2.45) is 0 Å². The van der Waals surface area contributed by atoms with Gasteiger partial charge in [-0.05, 0) is 24.3 Å². The molecule has 8 heteroatoms. The van der Waals surface area contributed by atoms with Gasteiger partial charge >= 0.3 is 6.18 Å². The van der Waals surface area contributed by atoms with Crippen molar-refractivity contribution >= 4 is 29.0 Å². The van der Waals surface area contributed by atoms with Gasteiger partial charge in [-0.1, -0.05) is 24.3 Å². The van der Waals surface area contributed by atoms with E-state index in [1.54, 1.807) is 12.1 Å². The summed E-state index contributed by atoms with van der Waals surface area (Å²) in [5.74, 6) is -2.48. The van der Waals surface area contributed by atoms with E-state index >= 15 is 0 Å². The molecule has 0 spiro atoms. The largest absolute Gasteiger partial charge is 0.418 e. The molecule has 1 heterocycles. The Kier molecular flexibility index (Phi) is 4.03. The fraction of sp³-hybridized carbons (Fsp3) is 0.118. The molecule has 2 aromatic rings. The summed E-state index contributed by atoms with van der Waals surface area (Å²) in [6.07, 6.45) is -4.63. The van der Waals surface area contributed by atoms with E-state index in [-0.39, 0.29) is 11.3 Å². The van der Waals surface area contributed by atoms with E-state index in [4.69, 9.17) is 0 Å². The van der Waals surface area contributed by atoms with Crippen molar-refractivity contribution in [2.75, 3.05) is 16.8 Å². The molecular formula is C17H11F3N2O3. The number of alkyl halides is 3. The van der Waals surface area contributed by atoms with Crippen LogP contribution in [-0.4, -0.2) is 24.1 Å². The third kappa shape index (κ3) is 3.10. The molecule has 0 unspecified atom stereocenters. The van der Waals surface area contributed by atoms with Crippen LogP contribution in [-0.2, 0) is 15.8 Å². The van der Waals surface area contributed by atoms with Gasteiger partial charge in [-0.25, -0.2) is 0 Å². The summed E-state index contributed by atoms with van der Waals surface area (Å²) in [7, 11) is 0. The first-order chi connectivity index (χ1) is 11.8. The fourth-order valence-corrected chi connectivity index (χ4v) is 2.58. The quantitative estimate of drug-likeness (QED) is 0.868. The zero-order valence-corrected chi connectivity index (χ0v) is 12.6. The van der Waals surface area contributed by atoms with Crippen molar-refractivity contribution in [2.45, 2.75) is 6.18 Å². The maximum absolute atomic E-state index is 13.0. The van der Waals surface area contributed by atoms with Crippen LogP contribution in [0.4, 0.5) is 24.5 Å². The SMILES string of the molecule is O=C(CN1C(=O)C(=O)c2ccccc21)Nc1ccccc1C(F)(F)F. The second kappa shape index (κ2) is 6.04. The van der Waals surface area contributed by atoms with E-state index < -0.39 is 41.6 Å². The number of carbonyl (C=O) groups excluding carboxylic acids is 3. The van der Waals surface area contributed by atoms with Gasteiger partial charge in [0.1, 0.15) is 6.54 Å². The molecule has 3 rings (SSSR count). The average Bonchev–Trinajstić information content (AvgIpc) is 2.80. The lowest BCUT2D eigenvalue weighted by atomic mass is 10.1. The zero-order valence-electron chi connectivity index (χ0n) is 12.6. The number of benzene rings is 2. The minimum absolute atomic E-state index is 0.163. The van der Waals surface area contributed by atoms with E-state index in [2.05, 4.69) is 5.32 Å². The average molecular weight is 348 g/mol. The van der Waals surface area contributed by atoms with Crippen molar-refractivity contribution in [1.82, 2.24) is 0 Å². The summed E-state index contributed by atoms with van der Waals surface area (Å²) < 4.78 is 38.9. The third-order valence-corrected chi connectivity index (χ3v) is 3.69. The normalized spacial score (nSPS) is 13.8. The zero-order chi connectivity index (χ0) is 18.2. The summed E-state index contributed by atoms with van der Waals surface area (Å²) in [5.41, 5.74) is -0.980. The summed E-state index contributed by atoms with van der Waals surface area (Å²) in [6.45, 7) is -0.562. The van der Waals surface area contributed by atoms with Gasteiger partial charge in [-0.15, -0.1) is 0 Å². The Balaban J connectivity index is 1.81. The highest BCUT2D eigenvalue weighted by Gasteiger charge is 2.37. The topological polar surface area (TPSA) is 66.5 Å². The van der Waals surface area contributed by atoms with Crippen LogP contribution in [0.5, 0.6) is 0 Å². The molecule has 0 saturated heterocycles. The van der Waals surface area contributed by atoms with Crippen LogP contribution < -0.4 is 10.2 Å². The van der Waals surface area contributed by atoms with Crippen molar-refractivity contribution in [3.8, 4) is 0 Å². The number of rotatable bonds is 3. The fourth-order valence-electron chi connectivity index (χ4n) is 2.58. The molecule has 0 aliphatic carbocycles. The van der Waals surface area contributed by atoms with E-state index in [9.17, 15) is 27.6 Å². The summed E-state index contributed by atoms with van der Waals surface area (Å²) in [4.78, 5) is 36.9. The molecule has 2 aromatic carbocycles. The van der Waals surface area contributed by atoms with Crippen LogP contribution in [0.3, 0.4) is 0 Å². The molecule has 5 nitrogen and oxygen atoms in total. The van der Waals surface area contributed by atoms with Gasteiger partial charge < -0.3 is 5.32 Å². The summed E-state index contributed by atoms with van der Waals surface area (Å²) in [6, 6.07) is 10.6. The van der Waals surface area contributed by atoms with Crippen LogP contribution >= 0.6 is 0 Å². The van der Waals surface area contributed by atoms with Crippen LogP contribution in [0.2, 0.25) is 0 Å². The molecule has 0 bridgehead atoms. The smallest absolute Gasteiger partial charge is 0.324 e. The maximum atomic E-state index is 13.0. The Morgan fingerprint density at radius 1 is 1.00 bits per heavy atom. The number of para-hydroxylation sites is 2. The van der Waals surface area contributed by atoms with Crippen LogP contribution in [0.1, 0.15) is 15.9 Å². The first kappa shape index (κ1) is 16.7. The molecule has 1 aliphatic rings. The molecule has 0 atom stereocenters. The van der Waals surface area contributed by atoms with Gasteiger partial charge in [0.15, 0.2) is 0 Å². The van der Waals surface area contributed by atoms with Gasteiger partial charge in [-0.2, -0.15) is 13.2 Å². The minimum Gasteiger partial charge on any atom is -0.324 e. The molecule has 0 fully saturated rings. The number of anilines is 2. The molecule has 0 aromatic heterocycles. The molecule has 0 saturated carbocycles. The highest BCUT2D eigenvalue weighted by Crippen LogP contribution is 2.34. The standard InChI is InChI=1S/C17H11F3N2O3/c18-17(19,20)11-6-2-3-7-12(11)21-14(23)9-22-13-8-4-1-5-10(13)15(24)16(22)25/h1-8H,9H2,(H,21,23). The molecule has 1 N–H and O–H groups in total. The lowest BCUT2D eigenvalue weighted by molar-refractivity contribution is -0.137. The van der Waals surface area contributed by atoms with Crippen LogP contribution in [0, 0.1) is 0 Å². The van der Waals surface area contributed by atoms with Crippen LogP contribution in [0.15, 0.2) is 48.5 Å². The number of fused-ring (bicyclic) bond motifs is 1. The van der Waals surface area contributed by atoms with Gasteiger partial charge in [0.25, 0.3) is 11.7 Å². The van der Waals surface area contributed by atoms with E-state index in [0.29, 0.717) is 0 Å². The monoisotopic (exact) mass is 348 g/mol. The molecule has 25 heavy (non-hydrogen) atoms. The number of nitrogens with one attached hydrogen (secondary N) is 1. The van der Waals surface area contributed by atoms with E-state index in [1.807, 2.05) is 0 Å². The Hall–Kier alpha value is -3.16. The molecule has 2 amide bonds. The number of hydrogen-bond acceptors (Lipinski definition) is 3. The first-order valence-electron chi connectivity index (χ1n) is 7.20. The molecule has 128 valence electrons. The predicted octanol–water partition coefficient (Wildman–Crippen LogP) is 2.87. The molecule has 1 aliphatic heterocycles. The van der Waals surface area contributed by atoms with Gasteiger partial charge in [0, 0.05) is 0 Å². The van der Waals surface area contributed by atoms with Crippen molar-refractivity contribution in [3.05, 3.63) is 59.7 Å². The second-order valence-electron chi connectivity index (χ2n) is 5.33. The van der Waals surface area contributed by atoms with Crippen molar-refractivity contribution in [1.29, 1.82) is 0 Å². The number of nitrogens with zero attached hydrogens (tertiary/aromatic N) is 1. The number of hydrogen-bond donors (Lipinski definition) is 1. The first-order valence-corrected chi connectivity index (χ1v) is 7.20. The Morgan fingerprint density at radius 2 is 1.64 bits per heavy atom. The maximum Gasteiger partial charge on any atom is 0.418 e. The lowest BCUT2D eigenvalue weighted by Crippen LogP contribution is -2.37. The summed E-state index contributed by atoms with van der Waals surface area (Å²) in [5, 5.41) is 2.15.